The van der Waals surface area contributed by atoms with Crippen molar-refractivity contribution >= 4 is 30.7 Å². The van der Waals surface area contributed by atoms with E-state index >= 15 is 0 Å². The number of rotatable bonds is 6. The Labute approximate surface area is 172 Å². The third-order valence-corrected chi connectivity index (χ3v) is 4.78. The molecule has 0 saturated heterocycles. The number of amides is 1. The van der Waals surface area contributed by atoms with E-state index in [1.807, 2.05) is 12.1 Å². The lowest BCUT2D eigenvalue weighted by Crippen LogP contribution is -2.45. The third kappa shape index (κ3) is 6.69. The molecule has 27 heavy (non-hydrogen) atoms. The van der Waals surface area contributed by atoms with Crippen molar-refractivity contribution in [2.75, 3.05) is 6.54 Å². The molecule has 0 spiro atoms. The van der Waals surface area contributed by atoms with Crippen LogP contribution >= 0.6 is 24.8 Å². The number of carbonyl (C=O) groups is 1. The van der Waals surface area contributed by atoms with Crippen LogP contribution in [-0.2, 0) is 0 Å². The summed E-state index contributed by atoms with van der Waals surface area (Å²) in [6.07, 6.45) is 9.41. The van der Waals surface area contributed by atoms with Crippen molar-refractivity contribution in [1.82, 2.24) is 10.3 Å². The van der Waals surface area contributed by atoms with Gasteiger partial charge in [-0.25, -0.2) is 0 Å². The molecule has 1 unspecified atom stereocenters. The molecular weight excluding hydrogens is 385 g/mol. The van der Waals surface area contributed by atoms with Gasteiger partial charge in [0.2, 0.25) is 0 Å². The molecule has 3 rings (SSSR count). The minimum absolute atomic E-state index is 0. The molecule has 5 nitrogen and oxygen atoms in total. The van der Waals surface area contributed by atoms with Crippen molar-refractivity contribution in [2.45, 2.75) is 38.1 Å². The number of pyridine rings is 1. The molecule has 1 amide bonds. The van der Waals surface area contributed by atoms with E-state index in [1.54, 1.807) is 36.7 Å². The summed E-state index contributed by atoms with van der Waals surface area (Å²) in [4.78, 5) is 16.5. The van der Waals surface area contributed by atoms with E-state index in [9.17, 15) is 4.79 Å². The number of halogens is 2. The SMILES string of the molecule is Cl.Cl.NCC(NC(=O)c1ccc(Oc2cccnc2)cc1)C1CCCCC1. The van der Waals surface area contributed by atoms with Gasteiger partial charge < -0.3 is 15.8 Å². The van der Waals surface area contributed by atoms with Crippen LogP contribution in [0.4, 0.5) is 0 Å². The molecule has 1 atom stereocenters. The highest BCUT2D eigenvalue weighted by Gasteiger charge is 2.24. The number of benzene rings is 1. The molecule has 1 heterocycles. The van der Waals surface area contributed by atoms with Crippen LogP contribution in [0.2, 0.25) is 0 Å². The van der Waals surface area contributed by atoms with E-state index in [-0.39, 0.29) is 36.8 Å². The first-order valence-corrected chi connectivity index (χ1v) is 8.95. The van der Waals surface area contributed by atoms with E-state index in [0.717, 1.165) is 12.8 Å². The Morgan fingerprint density at radius 3 is 2.41 bits per heavy atom. The number of carbonyl (C=O) groups excluding carboxylic acids is 1. The quantitative estimate of drug-likeness (QED) is 0.739. The van der Waals surface area contributed by atoms with Gasteiger partial charge >= 0.3 is 0 Å². The first-order chi connectivity index (χ1) is 12.3. The first kappa shape index (κ1) is 23.2. The lowest BCUT2D eigenvalue weighted by atomic mass is 9.84. The second-order valence-electron chi connectivity index (χ2n) is 6.53. The van der Waals surface area contributed by atoms with Crippen molar-refractivity contribution in [3.63, 3.8) is 0 Å². The predicted molar refractivity (Wildman–Crippen MR) is 112 cm³/mol. The highest BCUT2D eigenvalue weighted by molar-refractivity contribution is 5.94. The summed E-state index contributed by atoms with van der Waals surface area (Å²) in [6, 6.07) is 10.8. The predicted octanol–water partition coefficient (Wildman–Crippen LogP) is 4.35. The molecule has 1 saturated carbocycles. The molecule has 7 heteroatoms. The molecule has 1 aliphatic rings. The second kappa shape index (κ2) is 11.8. The van der Waals surface area contributed by atoms with Gasteiger partial charge in [-0.1, -0.05) is 19.3 Å². The van der Waals surface area contributed by atoms with Crippen molar-refractivity contribution in [1.29, 1.82) is 0 Å². The molecule has 1 aromatic heterocycles. The van der Waals surface area contributed by atoms with Crippen molar-refractivity contribution in [3.8, 4) is 11.5 Å². The molecule has 1 aromatic carbocycles. The van der Waals surface area contributed by atoms with Crippen LogP contribution in [0, 0.1) is 5.92 Å². The minimum Gasteiger partial charge on any atom is -0.456 e. The van der Waals surface area contributed by atoms with Crippen LogP contribution in [0.1, 0.15) is 42.5 Å². The summed E-state index contributed by atoms with van der Waals surface area (Å²) in [6.45, 7) is 0.485. The summed E-state index contributed by atoms with van der Waals surface area (Å²) in [5.41, 5.74) is 6.52. The van der Waals surface area contributed by atoms with Gasteiger partial charge in [-0.2, -0.15) is 0 Å². The number of hydrogen-bond donors (Lipinski definition) is 2. The average molecular weight is 412 g/mol. The molecule has 3 N–H and O–H groups in total. The van der Waals surface area contributed by atoms with Crippen LogP contribution < -0.4 is 15.8 Å². The van der Waals surface area contributed by atoms with E-state index in [2.05, 4.69) is 10.3 Å². The number of ether oxygens (including phenoxy) is 1. The second-order valence-corrected chi connectivity index (χ2v) is 6.53. The topological polar surface area (TPSA) is 77.2 Å². The number of nitrogens with two attached hydrogens (primary N) is 1. The summed E-state index contributed by atoms with van der Waals surface area (Å²) in [5, 5.41) is 3.11. The van der Waals surface area contributed by atoms with E-state index in [1.165, 1.54) is 19.3 Å². The highest BCUT2D eigenvalue weighted by Crippen LogP contribution is 2.26. The Morgan fingerprint density at radius 2 is 1.81 bits per heavy atom. The fourth-order valence-electron chi connectivity index (χ4n) is 3.38. The maximum atomic E-state index is 12.5. The van der Waals surface area contributed by atoms with Crippen LogP contribution in [0.25, 0.3) is 0 Å². The maximum absolute atomic E-state index is 12.5. The Hall–Kier alpha value is -1.82. The Bertz CT molecular complexity index is 677. The maximum Gasteiger partial charge on any atom is 0.251 e. The summed E-state index contributed by atoms with van der Waals surface area (Å²) >= 11 is 0. The molecule has 0 bridgehead atoms. The molecule has 2 aromatic rings. The summed E-state index contributed by atoms with van der Waals surface area (Å²) < 4.78 is 5.70. The molecule has 1 fully saturated rings. The molecular formula is C20H27Cl2N3O2. The Balaban J connectivity index is 0.00000182. The smallest absolute Gasteiger partial charge is 0.251 e. The normalized spacial score (nSPS) is 15.0. The zero-order chi connectivity index (χ0) is 17.5. The van der Waals surface area contributed by atoms with Gasteiger partial charge in [0.15, 0.2) is 0 Å². The van der Waals surface area contributed by atoms with Gasteiger partial charge in [0.05, 0.1) is 6.20 Å². The van der Waals surface area contributed by atoms with E-state index < -0.39 is 0 Å². The Kier molecular flexibility index (Phi) is 10.1. The zero-order valence-electron chi connectivity index (χ0n) is 15.2. The summed E-state index contributed by atoms with van der Waals surface area (Å²) in [5.74, 6) is 1.76. The number of aromatic nitrogens is 1. The van der Waals surface area contributed by atoms with Crippen molar-refractivity contribution in [2.24, 2.45) is 11.7 Å². The fourth-order valence-corrected chi connectivity index (χ4v) is 3.38. The lowest BCUT2D eigenvalue weighted by Gasteiger charge is -2.30. The first-order valence-electron chi connectivity index (χ1n) is 8.95. The fraction of sp³-hybridized carbons (Fsp3) is 0.400. The molecule has 148 valence electrons. The minimum atomic E-state index is -0.0750. The van der Waals surface area contributed by atoms with Gasteiger partial charge in [-0.15, -0.1) is 24.8 Å². The van der Waals surface area contributed by atoms with Gasteiger partial charge in [-0.05, 0) is 55.2 Å². The number of nitrogens with zero attached hydrogens (tertiary/aromatic N) is 1. The summed E-state index contributed by atoms with van der Waals surface area (Å²) in [7, 11) is 0. The van der Waals surface area contributed by atoms with Crippen LogP contribution in [0.15, 0.2) is 48.8 Å². The van der Waals surface area contributed by atoms with Gasteiger partial charge in [-0.3, -0.25) is 9.78 Å². The van der Waals surface area contributed by atoms with E-state index in [4.69, 9.17) is 10.5 Å². The van der Waals surface area contributed by atoms with Gasteiger partial charge in [0.25, 0.3) is 5.91 Å². The van der Waals surface area contributed by atoms with Crippen LogP contribution in [0.5, 0.6) is 11.5 Å². The Morgan fingerprint density at radius 1 is 1.11 bits per heavy atom. The standard InChI is InChI=1S/C20H25N3O2.2ClH/c21-13-19(15-5-2-1-3-6-15)23-20(24)16-8-10-17(11-9-16)25-18-7-4-12-22-14-18;;/h4,7-12,14-15,19H,1-3,5-6,13,21H2,(H,23,24);2*1H. The molecule has 1 aliphatic carbocycles. The largest absolute Gasteiger partial charge is 0.456 e. The lowest BCUT2D eigenvalue weighted by molar-refractivity contribution is 0.0915. The van der Waals surface area contributed by atoms with Gasteiger partial charge in [0, 0.05) is 24.3 Å². The molecule has 0 radical (unpaired) electrons. The average Bonchev–Trinajstić information content (AvgIpc) is 2.68. The van der Waals surface area contributed by atoms with Gasteiger partial charge in [0.1, 0.15) is 11.5 Å². The molecule has 0 aliphatic heterocycles. The highest BCUT2D eigenvalue weighted by atomic mass is 35.5. The number of hydrogen-bond acceptors (Lipinski definition) is 4. The van der Waals surface area contributed by atoms with Crippen LogP contribution in [0.3, 0.4) is 0 Å². The van der Waals surface area contributed by atoms with Crippen LogP contribution in [-0.4, -0.2) is 23.5 Å². The van der Waals surface area contributed by atoms with Crippen molar-refractivity contribution < 1.29 is 9.53 Å². The third-order valence-electron chi connectivity index (χ3n) is 4.78. The van der Waals surface area contributed by atoms with Crippen molar-refractivity contribution in [3.05, 3.63) is 54.4 Å². The number of nitrogens with one attached hydrogen (secondary N) is 1. The van der Waals surface area contributed by atoms with E-state index in [0.29, 0.717) is 29.5 Å². The monoisotopic (exact) mass is 411 g/mol. The zero-order valence-corrected chi connectivity index (χ0v) is 16.8.